The molecule has 0 unspecified atom stereocenters. The van der Waals surface area contributed by atoms with Crippen LogP contribution in [-0.4, -0.2) is 9.78 Å². The Morgan fingerprint density at radius 3 is 2.28 bits per heavy atom. The molecule has 0 radical (unpaired) electrons. The minimum atomic E-state index is -4.33. The lowest BCUT2D eigenvalue weighted by Crippen LogP contribution is -2.06. The highest BCUT2D eigenvalue weighted by Gasteiger charge is 2.30. The van der Waals surface area contributed by atoms with Crippen LogP contribution in [0.25, 0.3) is 5.69 Å². The van der Waals surface area contributed by atoms with Gasteiger partial charge < -0.3 is 5.73 Å². The Morgan fingerprint density at radius 2 is 1.83 bits per heavy atom. The molecule has 0 aliphatic carbocycles. The van der Waals surface area contributed by atoms with Crippen LogP contribution in [0.3, 0.4) is 0 Å². The molecule has 0 aliphatic heterocycles. The first-order valence-electron chi connectivity index (χ1n) is 5.43. The third kappa shape index (κ3) is 2.18. The average Bonchev–Trinajstić information content (AvgIpc) is 2.69. The van der Waals surface area contributed by atoms with Gasteiger partial charge in [0.1, 0.15) is 5.82 Å². The Balaban J connectivity index is 2.37. The maximum Gasteiger partial charge on any atom is 0.416 e. The van der Waals surface area contributed by atoms with Gasteiger partial charge in [-0.2, -0.15) is 18.3 Å². The van der Waals surface area contributed by atoms with Crippen molar-refractivity contribution in [1.82, 2.24) is 9.78 Å². The van der Waals surface area contributed by atoms with Crippen LogP contribution in [0, 0.1) is 0 Å². The Morgan fingerprint density at radius 1 is 1.22 bits per heavy atom. The van der Waals surface area contributed by atoms with Gasteiger partial charge in [0.2, 0.25) is 0 Å². The van der Waals surface area contributed by atoms with Crippen LogP contribution in [0.4, 0.5) is 19.0 Å². The topological polar surface area (TPSA) is 43.8 Å². The maximum atomic E-state index is 12.4. The van der Waals surface area contributed by atoms with Crippen molar-refractivity contribution in [3.05, 3.63) is 41.6 Å². The molecule has 3 nitrogen and oxygen atoms in total. The molecule has 0 saturated carbocycles. The zero-order chi connectivity index (χ0) is 13.3. The number of aryl methyl sites for hydroxylation is 1. The van der Waals surface area contributed by atoms with Crippen molar-refractivity contribution in [3.8, 4) is 5.69 Å². The SMILES string of the molecule is CCc1cnn(-c2ccc(C(F)(F)F)cc2)c1N. The number of aromatic nitrogens is 2. The molecule has 2 aromatic rings. The standard InChI is InChI=1S/C12H12F3N3/c1-2-8-7-17-18(11(8)16)10-5-3-9(4-6-10)12(13,14)15/h3-7H,2,16H2,1H3. The zero-order valence-electron chi connectivity index (χ0n) is 9.70. The van der Waals surface area contributed by atoms with E-state index in [1.165, 1.54) is 16.8 Å². The number of rotatable bonds is 2. The lowest BCUT2D eigenvalue weighted by atomic mass is 10.2. The van der Waals surface area contributed by atoms with E-state index in [9.17, 15) is 13.2 Å². The van der Waals surface area contributed by atoms with Crippen LogP contribution in [-0.2, 0) is 12.6 Å². The number of hydrogen-bond acceptors (Lipinski definition) is 2. The second-order valence-electron chi connectivity index (χ2n) is 3.87. The monoisotopic (exact) mass is 255 g/mol. The highest BCUT2D eigenvalue weighted by Crippen LogP contribution is 2.30. The molecular weight excluding hydrogens is 243 g/mol. The fourth-order valence-electron chi connectivity index (χ4n) is 1.66. The van der Waals surface area contributed by atoms with Gasteiger partial charge in [-0.15, -0.1) is 0 Å². The van der Waals surface area contributed by atoms with Gasteiger partial charge in [0.25, 0.3) is 0 Å². The molecular formula is C12H12F3N3. The van der Waals surface area contributed by atoms with E-state index < -0.39 is 11.7 Å². The van der Waals surface area contributed by atoms with Gasteiger partial charge in [-0.05, 0) is 30.7 Å². The quantitative estimate of drug-likeness (QED) is 0.896. The molecule has 96 valence electrons. The summed E-state index contributed by atoms with van der Waals surface area (Å²) >= 11 is 0. The largest absolute Gasteiger partial charge is 0.416 e. The van der Waals surface area contributed by atoms with E-state index >= 15 is 0 Å². The van der Waals surface area contributed by atoms with Crippen LogP contribution >= 0.6 is 0 Å². The molecule has 1 aromatic carbocycles. The molecule has 1 heterocycles. The van der Waals surface area contributed by atoms with Crippen LogP contribution in [0.2, 0.25) is 0 Å². The number of nitrogens with zero attached hydrogens (tertiary/aromatic N) is 2. The van der Waals surface area contributed by atoms with Gasteiger partial charge in [-0.1, -0.05) is 6.92 Å². The number of nitrogens with two attached hydrogens (primary N) is 1. The van der Waals surface area contributed by atoms with E-state index in [1.54, 1.807) is 6.20 Å². The fraction of sp³-hybridized carbons (Fsp3) is 0.250. The van der Waals surface area contributed by atoms with Gasteiger partial charge in [0, 0.05) is 5.56 Å². The Bertz CT molecular complexity index is 541. The van der Waals surface area contributed by atoms with Crippen LogP contribution in [0.5, 0.6) is 0 Å². The van der Waals surface area contributed by atoms with E-state index in [0.29, 0.717) is 11.5 Å². The Labute approximate surface area is 102 Å². The summed E-state index contributed by atoms with van der Waals surface area (Å²) < 4.78 is 38.7. The van der Waals surface area contributed by atoms with Crippen molar-refractivity contribution in [3.63, 3.8) is 0 Å². The summed E-state index contributed by atoms with van der Waals surface area (Å²) in [5.74, 6) is 0.456. The molecule has 1 aromatic heterocycles. The highest BCUT2D eigenvalue weighted by atomic mass is 19.4. The number of nitrogen functional groups attached to an aromatic ring is 1. The van der Waals surface area contributed by atoms with Gasteiger partial charge in [0.15, 0.2) is 0 Å². The van der Waals surface area contributed by atoms with Gasteiger partial charge in [-0.25, -0.2) is 4.68 Å². The van der Waals surface area contributed by atoms with Crippen molar-refractivity contribution >= 4 is 5.82 Å². The normalized spacial score (nSPS) is 11.8. The summed E-state index contributed by atoms with van der Waals surface area (Å²) in [7, 11) is 0. The summed E-state index contributed by atoms with van der Waals surface area (Å²) in [5.41, 5.74) is 6.54. The van der Waals surface area contributed by atoms with E-state index in [-0.39, 0.29) is 0 Å². The lowest BCUT2D eigenvalue weighted by molar-refractivity contribution is -0.137. The third-order valence-corrected chi connectivity index (χ3v) is 2.71. The molecule has 0 atom stereocenters. The minimum Gasteiger partial charge on any atom is -0.383 e. The molecule has 0 spiro atoms. The molecule has 0 aliphatic rings. The smallest absolute Gasteiger partial charge is 0.383 e. The molecule has 0 bridgehead atoms. The van der Waals surface area contributed by atoms with Gasteiger partial charge in [0.05, 0.1) is 17.4 Å². The molecule has 0 saturated heterocycles. The average molecular weight is 255 g/mol. The number of alkyl halides is 3. The highest BCUT2D eigenvalue weighted by molar-refractivity contribution is 5.47. The van der Waals surface area contributed by atoms with E-state index in [4.69, 9.17) is 5.73 Å². The predicted octanol–water partition coefficient (Wildman–Crippen LogP) is 3.04. The van der Waals surface area contributed by atoms with Crippen LogP contribution in [0.1, 0.15) is 18.1 Å². The summed E-state index contributed by atoms with van der Waals surface area (Å²) in [6, 6.07) is 4.74. The van der Waals surface area contributed by atoms with Crippen molar-refractivity contribution in [2.75, 3.05) is 5.73 Å². The number of halogens is 3. The fourth-order valence-corrected chi connectivity index (χ4v) is 1.66. The van der Waals surface area contributed by atoms with E-state index in [0.717, 1.165) is 24.1 Å². The number of benzene rings is 1. The third-order valence-electron chi connectivity index (χ3n) is 2.71. The lowest BCUT2D eigenvalue weighted by Gasteiger charge is -2.08. The van der Waals surface area contributed by atoms with Crippen LogP contribution < -0.4 is 5.73 Å². The second kappa shape index (κ2) is 4.36. The molecule has 2 rings (SSSR count). The van der Waals surface area contributed by atoms with Gasteiger partial charge in [-0.3, -0.25) is 0 Å². The summed E-state index contributed by atoms with van der Waals surface area (Å²) in [6.07, 6.45) is -1.98. The van der Waals surface area contributed by atoms with Crippen molar-refractivity contribution in [2.45, 2.75) is 19.5 Å². The molecule has 0 amide bonds. The van der Waals surface area contributed by atoms with E-state index in [2.05, 4.69) is 5.10 Å². The van der Waals surface area contributed by atoms with Crippen molar-refractivity contribution < 1.29 is 13.2 Å². The Kier molecular flexibility index (Phi) is 3.02. The zero-order valence-corrected chi connectivity index (χ0v) is 9.70. The Hall–Kier alpha value is -1.98. The first-order chi connectivity index (χ1) is 8.43. The van der Waals surface area contributed by atoms with Crippen molar-refractivity contribution in [2.24, 2.45) is 0 Å². The molecule has 0 fully saturated rings. The van der Waals surface area contributed by atoms with E-state index in [1.807, 2.05) is 6.92 Å². The predicted molar refractivity (Wildman–Crippen MR) is 62.4 cm³/mol. The molecule has 18 heavy (non-hydrogen) atoms. The maximum absolute atomic E-state index is 12.4. The molecule has 6 heteroatoms. The first kappa shape index (κ1) is 12.5. The minimum absolute atomic E-state index is 0.456. The number of hydrogen-bond donors (Lipinski definition) is 1. The summed E-state index contributed by atoms with van der Waals surface area (Å²) in [5, 5.41) is 4.06. The van der Waals surface area contributed by atoms with Crippen molar-refractivity contribution in [1.29, 1.82) is 0 Å². The van der Waals surface area contributed by atoms with Gasteiger partial charge >= 0.3 is 6.18 Å². The first-order valence-corrected chi connectivity index (χ1v) is 5.43. The number of anilines is 1. The van der Waals surface area contributed by atoms with Crippen LogP contribution in [0.15, 0.2) is 30.5 Å². The summed E-state index contributed by atoms with van der Waals surface area (Å²) in [4.78, 5) is 0. The second-order valence-corrected chi connectivity index (χ2v) is 3.87. The molecule has 2 N–H and O–H groups in total. The summed E-state index contributed by atoms with van der Waals surface area (Å²) in [6.45, 7) is 1.93.